The number of rotatable bonds is 0. The largest absolute Gasteiger partial charge is 0.398 e. The number of anilines is 1. The highest BCUT2D eigenvalue weighted by Gasteiger charge is 2.41. The van der Waals surface area contributed by atoms with E-state index in [-0.39, 0.29) is 6.42 Å². The molecule has 1 unspecified atom stereocenters. The van der Waals surface area contributed by atoms with Crippen molar-refractivity contribution < 1.29 is 15.3 Å². The van der Waals surface area contributed by atoms with Gasteiger partial charge in [-0.15, -0.1) is 0 Å². The first kappa shape index (κ1) is 11.1. The van der Waals surface area contributed by atoms with Gasteiger partial charge in [0.05, 0.1) is 5.50 Å². The number of fused-ring (bicyclic) bond motifs is 2. The molecule has 17 heavy (non-hydrogen) atoms. The summed E-state index contributed by atoms with van der Waals surface area (Å²) in [6.07, 6.45) is 2.26. The zero-order valence-corrected chi connectivity index (χ0v) is 9.82. The number of hydrogen-bond donors (Lipinski definition) is 4. The van der Waals surface area contributed by atoms with Gasteiger partial charge >= 0.3 is 0 Å². The van der Waals surface area contributed by atoms with Gasteiger partial charge in [-0.2, -0.15) is 0 Å². The fraction of sp³-hybridized carbons (Fsp3) is 0.500. The van der Waals surface area contributed by atoms with E-state index in [1.807, 2.05) is 0 Å². The Morgan fingerprint density at radius 2 is 1.65 bits per heavy atom. The number of nitrogens with two attached hydrogens (primary N) is 1. The lowest BCUT2D eigenvalue weighted by atomic mass is 9.76. The van der Waals surface area contributed by atoms with Crippen molar-refractivity contribution in [1.29, 1.82) is 0 Å². The smallest absolute Gasteiger partial charge is 0.190 e. The molecule has 5 N–H and O–H groups in total. The Hall–Kier alpha value is -1.04. The van der Waals surface area contributed by atoms with Gasteiger partial charge in [-0.05, 0) is 42.0 Å². The van der Waals surface area contributed by atoms with Crippen LogP contribution in [0.15, 0.2) is 6.07 Å². The fourth-order valence-electron chi connectivity index (χ4n) is 3.10. The van der Waals surface area contributed by atoms with Gasteiger partial charge in [-0.3, -0.25) is 0 Å². The minimum atomic E-state index is -1.79. The second-order valence-corrected chi connectivity index (χ2v) is 5.43. The summed E-state index contributed by atoms with van der Waals surface area (Å²) in [6.45, 7) is 0. The minimum Gasteiger partial charge on any atom is -0.398 e. The summed E-state index contributed by atoms with van der Waals surface area (Å²) in [5, 5.41) is 30.0. The summed E-state index contributed by atoms with van der Waals surface area (Å²) in [5.41, 5.74) is 8.87. The standard InChI is InChI=1S/C12H16BNO3/c13-11(15)3-1-6-8(11)5-9-7(10(6)14)2-4-12(9,16)17/h5,15-17H,1-4,13-14H2. The molecule has 5 heteroatoms. The molecule has 0 fully saturated rings. The van der Waals surface area contributed by atoms with Crippen LogP contribution < -0.4 is 5.73 Å². The van der Waals surface area contributed by atoms with E-state index in [0.29, 0.717) is 24.1 Å². The third-order valence-electron chi connectivity index (χ3n) is 4.19. The maximum atomic E-state index is 10.3. The second-order valence-electron chi connectivity index (χ2n) is 5.43. The van der Waals surface area contributed by atoms with Crippen molar-refractivity contribution in [3.05, 3.63) is 28.3 Å². The molecule has 0 saturated heterocycles. The highest BCUT2D eigenvalue weighted by atomic mass is 16.5. The van der Waals surface area contributed by atoms with Crippen LogP contribution in [0.3, 0.4) is 0 Å². The van der Waals surface area contributed by atoms with Gasteiger partial charge in [0.25, 0.3) is 0 Å². The average molecular weight is 233 g/mol. The number of benzene rings is 1. The van der Waals surface area contributed by atoms with Crippen molar-refractivity contribution >= 4 is 13.5 Å². The Morgan fingerprint density at radius 1 is 1.06 bits per heavy atom. The van der Waals surface area contributed by atoms with E-state index in [4.69, 9.17) is 5.73 Å². The van der Waals surface area contributed by atoms with E-state index in [9.17, 15) is 15.3 Å². The summed E-state index contributed by atoms with van der Waals surface area (Å²) in [4.78, 5) is 0. The molecule has 4 nitrogen and oxygen atoms in total. The maximum absolute atomic E-state index is 10.3. The number of hydrogen-bond acceptors (Lipinski definition) is 4. The Kier molecular flexibility index (Phi) is 1.98. The second kappa shape index (κ2) is 3.04. The number of nitrogen functional groups attached to an aromatic ring is 1. The van der Waals surface area contributed by atoms with Crippen molar-refractivity contribution in [1.82, 2.24) is 0 Å². The quantitative estimate of drug-likeness (QED) is 0.265. The van der Waals surface area contributed by atoms with Crippen molar-refractivity contribution in [2.45, 2.75) is 37.0 Å². The van der Waals surface area contributed by atoms with Gasteiger partial charge in [0.2, 0.25) is 0 Å². The molecule has 0 radical (unpaired) electrons. The van der Waals surface area contributed by atoms with Crippen LogP contribution in [0.25, 0.3) is 0 Å². The predicted molar refractivity (Wildman–Crippen MR) is 66.1 cm³/mol. The molecule has 0 aliphatic heterocycles. The molecular formula is C12H16BNO3. The van der Waals surface area contributed by atoms with Crippen molar-refractivity contribution in [2.75, 3.05) is 5.73 Å². The monoisotopic (exact) mass is 233 g/mol. The highest BCUT2D eigenvalue weighted by Crippen LogP contribution is 2.46. The molecule has 0 aromatic heterocycles. The van der Waals surface area contributed by atoms with Crippen molar-refractivity contribution in [3.8, 4) is 0 Å². The maximum Gasteiger partial charge on any atom is 0.190 e. The topological polar surface area (TPSA) is 86.7 Å². The molecule has 90 valence electrons. The van der Waals surface area contributed by atoms with Gasteiger partial charge in [0, 0.05) is 17.7 Å². The first-order valence-electron chi connectivity index (χ1n) is 5.95. The van der Waals surface area contributed by atoms with E-state index in [1.54, 1.807) is 13.9 Å². The lowest BCUT2D eigenvalue weighted by Crippen LogP contribution is -2.25. The fourth-order valence-corrected chi connectivity index (χ4v) is 3.10. The minimum absolute atomic E-state index is 0.275. The molecule has 3 rings (SSSR count). The first-order chi connectivity index (χ1) is 7.83. The van der Waals surface area contributed by atoms with Crippen LogP contribution in [0.4, 0.5) is 5.69 Å². The summed E-state index contributed by atoms with van der Waals surface area (Å²) < 4.78 is 0. The zero-order valence-electron chi connectivity index (χ0n) is 9.82. The number of aliphatic hydroxyl groups is 3. The van der Waals surface area contributed by atoms with Crippen LogP contribution >= 0.6 is 0 Å². The Balaban J connectivity index is 2.28. The average Bonchev–Trinajstić information content (AvgIpc) is 2.68. The molecule has 1 aromatic carbocycles. The Labute approximate surface area is 100 Å². The lowest BCUT2D eigenvalue weighted by molar-refractivity contribution is -0.166. The van der Waals surface area contributed by atoms with Crippen LogP contribution in [0.1, 0.15) is 35.1 Å². The Morgan fingerprint density at radius 3 is 2.35 bits per heavy atom. The summed E-state index contributed by atoms with van der Waals surface area (Å²) in [7, 11) is 1.75. The third-order valence-corrected chi connectivity index (χ3v) is 4.19. The normalized spacial score (nSPS) is 29.1. The van der Waals surface area contributed by atoms with Crippen molar-refractivity contribution in [3.63, 3.8) is 0 Å². The summed E-state index contributed by atoms with van der Waals surface area (Å²) in [5.74, 6) is -1.79. The van der Waals surface area contributed by atoms with E-state index in [2.05, 4.69) is 0 Å². The van der Waals surface area contributed by atoms with Crippen LogP contribution in [0.5, 0.6) is 0 Å². The molecule has 0 heterocycles. The molecular weight excluding hydrogens is 217 g/mol. The molecule has 0 saturated carbocycles. The molecule has 1 aromatic rings. The molecule has 0 bridgehead atoms. The van der Waals surface area contributed by atoms with Gasteiger partial charge < -0.3 is 21.1 Å². The zero-order chi connectivity index (χ0) is 12.4. The molecule has 2 aliphatic carbocycles. The van der Waals surface area contributed by atoms with Gasteiger partial charge in [-0.25, -0.2) is 0 Å². The van der Waals surface area contributed by atoms with Crippen LogP contribution in [-0.4, -0.2) is 23.2 Å². The van der Waals surface area contributed by atoms with Gasteiger partial charge in [-0.1, -0.05) is 0 Å². The first-order valence-corrected chi connectivity index (χ1v) is 5.95. The third kappa shape index (κ3) is 1.36. The molecule has 1 atom stereocenters. The van der Waals surface area contributed by atoms with E-state index >= 15 is 0 Å². The van der Waals surface area contributed by atoms with E-state index < -0.39 is 11.3 Å². The lowest BCUT2D eigenvalue weighted by Gasteiger charge is -2.22. The summed E-state index contributed by atoms with van der Waals surface area (Å²) >= 11 is 0. The molecule has 2 aliphatic rings. The SMILES string of the molecule is BC1(O)CCc2c1cc1c(c2N)CCC1(O)O. The van der Waals surface area contributed by atoms with E-state index in [1.165, 1.54) is 0 Å². The summed E-state index contributed by atoms with van der Waals surface area (Å²) in [6, 6.07) is 1.72. The molecule has 0 spiro atoms. The Bertz CT molecular complexity index is 469. The van der Waals surface area contributed by atoms with Crippen LogP contribution in [0, 0.1) is 0 Å². The van der Waals surface area contributed by atoms with Crippen LogP contribution in [-0.2, 0) is 24.1 Å². The van der Waals surface area contributed by atoms with E-state index in [0.717, 1.165) is 23.1 Å². The van der Waals surface area contributed by atoms with Crippen molar-refractivity contribution in [2.24, 2.45) is 0 Å². The van der Waals surface area contributed by atoms with Gasteiger partial charge in [0.1, 0.15) is 7.85 Å². The predicted octanol–water partition coefficient (Wildman–Crippen LogP) is -0.923. The van der Waals surface area contributed by atoms with Gasteiger partial charge in [0.15, 0.2) is 5.79 Å². The molecule has 0 amide bonds. The highest BCUT2D eigenvalue weighted by molar-refractivity contribution is 6.15. The van der Waals surface area contributed by atoms with Crippen LogP contribution in [0.2, 0.25) is 0 Å².